The van der Waals surface area contributed by atoms with E-state index in [0.717, 1.165) is 44.8 Å². The van der Waals surface area contributed by atoms with E-state index < -0.39 is 0 Å². The molecule has 1 aliphatic carbocycles. The lowest BCUT2D eigenvalue weighted by molar-refractivity contribution is 0.0981. The van der Waals surface area contributed by atoms with Crippen LogP contribution in [-0.4, -0.2) is 25.9 Å². The van der Waals surface area contributed by atoms with Crippen molar-refractivity contribution >= 4 is 0 Å². The second kappa shape index (κ2) is 7.28. The van der Waals surface area contributed by atoms with Crippen LogP contribution in [0.25, 0.3) is 0 Å². The Kier molecular flexibility index (Phi) is 5.15. The Labute approximate surface area is 128 Å². The highest BCUT2D eigenvalue weighted by molar-refractivity contribution is 5.45. The molecule has 1 aliphatic heterocycles. The molecule has 1 saturated heterocycles. The van der Waals surface area contributed by atoms with E-state index in [0.29, 0.717) is 12.1 Å². The lowest BCUT2D eigenvalue weighted by Crippen LogP contribution is -2.18. The van der Waals surface area contributed by atoms with Crippen LogP contribution in [0.2, 0.25) is 0 Å². The monoisotopic (exact) mass is 289 g/mol. The second-order valence-electron chi connectivity index (χ2n) is 6.10. The van der Waals surface area contributed by atoms with Crippen LogP contribution >= 0.6 is 0 Å². The van der Waals surface area contributed by atoms with Crippen molar-refractivity contribution < 1.29 is 9.47 Å². The lowest BCUT2D eigenvalue weighted by atomic mass is 10.1. The van der Waals surface area contributed by atoms with E-state index in [9.17, 15) is 0 Å². The first-order valence-electron chi connectivity index (χ1n) is 8.48. The molecule has 1 aromatic rings. The average Bonchev–Trinajstić information content (AvgIpc) is 3.14. The predicted molar refractivity (Wildman–Crippen MR) is 84.9 cm³/mol. The molecular formula is C18H27NO2. The number of rotatable bonds is 7. The standard InChI is InChI=1S/C18H27NO2/c1-2-19-17-11-10-16-15(17)8-3-9-18(16)21-13-5-7-14-6-4-12-20-14/h3,8-9,14,17,19H,2,4-7,10-13H2,1H3. The molecule has 1 aromatic carbocycles. The third-order valence-electron chi connectivity index (χ3n) is 4.63. The summed E-state index contributed by atoms with van der Waals surface area (Å²) in [5.74, 6) is 1.10. The highest BCUT2D eigenvalue weighted by atomic mass is 16.5. The number of hydrogen-bond acceptors (Lipinski definition) is 3. The minimum Gasteiger partial charge on any atom is -0.493 e. The maximum absolute atomic E-state index is 6.05. The normalized spacial score (nSPS) is 24.2. The number of ether oxygens (including phenoxy) is 2. The van der Waals surface area contributed by atoms with Gasteiger partial charge in [0.15, 0.2) is 0 Å². The summed E-state index contributed by atoms with van der Waals surface area (Å²) in [7, 11) is 0. The van der Waals surface area contributed by atoms with E-state index in [2.05, 4.69) is 30.4 Å². The van der Waals surface area contributed by atoms with E-state index in [4.69, 9.17) is 9.47 Å². The molecule has 1 fully saturated rings. The fraction of sp³-hybridized carbons (Fsp3) is 0.667. The first-order chi connectivity index (χ1) is 10.4. The van der Waals surface area contributed by atoms with Gasteiger partial charge in [-0.15, -0.1) is 0 Å². The number of nitrogens with one attached hydrogen (secondary N) is 1. The first kappa shape index (κ1) is 14.9. The van der Waals surface area contributed by atoms with Crippen LogP contribution in [0.5, 0.6) is 5.75 Å². The molecule has 0 radical (unpaired) electrons. The van der Waals surface area contributed by atoms with E-state index in [1.165, 1.54) is 30.4 Å². The molecular weight excluding hydrogens is 262 g/mol. The molecule has 3 heteroatoms. The lowest BCUT2D eigenvalue weighted by Gasteiger charge is -2.15. The van der Waals surface area contributed by atoms with Gasteiger partial charge in [0.2, 0.25) is 0 Å². The fourth-order valence-electron chi connectivity index (χ4n) is 3.58. The molecule has 3 nitrogen and oxygen atoms in total. The molecule has 1 heterocycles. The quantitative estimate of drug-likeness (QED) is 0.778. The average molecular weight is 289 g/mol. The predicted octanol–water partition coefficient (Wildman–Crippen LogP) is 3.62. The Bertz CT molecular complexity index is 455. The van der Waals surface area contributed by atoms with Crippen molar-refractivity contribution in [2.24, 2.45) is 0 Å². The van der Waals surface area contributed by atoms with E-state index in [1.807, 2.05) is 0 Å². The van der Waals surface area contributed by atoms with Crippen LogP contribution in [0.1, 0.15) is 56.2 Å². The van der Waals surface area contributed by atoms with Gasteiger partial charge in [0.1, 0.15) is 5.75 Å². The minimum atomic E-state index is 0.480. The van der Waals surface area contributed by atoms with Gasteiger partial charge in [0.25, 0.3) is 0 Å². The third-order valence-corrected chi connectivity index (χ3v) is 4.63. The van der Waals surface area contributed by atoms with Crippen molar-refractivity contribution in [2.75, 3.05) is 19.8 Å². The molecule has 0 amide bonds. The second-order valence-corrected chi connectivity index (χ2v) is 6.10. The molecule has 2 atom stereocenters. The molecule has 0 saturated carbocycles. The van der Waals surface area contributed by atoms with Gasteiger partial charge in [-0.3, -0.25) is 0 Å². The van der Waals surface area contributed by atoms with Crippen molar-refractivity contribution in [2.45, 2.75) is 57.6 Å². The van der Waals surface area contributed by atoms with Gasteiger partial charge in [0.05, 0.1) is 12.7 Å². The molecule has 1 N–H and O–H groups in total. The van der Waals surface area contributed by atoms with Gasteiger partial charge in [-0.05, 0) is 62.3 Å². The molecule has 0 bridgehead atoms. The van der Waals surface area contributed by atoms with Gasteiger partial charge in [-0.25, -0.2) is 0 Å². The van der Waals surface area contributed by atoms with Crippen LogP contribution in [0, 0.1) is 0 Å². The van der Waals surface area contributed by atoms with Gasteiger partial charge in [-0.1, -0.05) is 19.1 Å². The highest BCUT2D eigenvalue weighted by Gasteiger charge is 2.24. The summed E-state index contributed by atoms with van der Waals surface area (Å²) in [6.45, 7) is 4.95. The zero-order chi connectivity index (χ0) is 14.5. The molecule has 116 valence electrons. The Hall–Kier alpha value is -1.06. The third kappa shape index (κ3) is 3.58. The molecule has 3 rings (SSSR count). The number of hydrogen-bond donors (Lipinski definition) is 1. The molecule has 0 aromatic heterocycles. The van der Waals surface area contributed by atoms with Crippen molar-refractivity contribution in [3.8, 4) is 5.75 Å². The summed E-state index contributed by atoms with van der Waals surface area (Å²) in [5, 5.41) is 3.56. The van der Waals surface area contributed by atoms with Gasteiger partial charge < -0.3 is 14.8 Å². The van der Waals surface area contributed by atoms with Crippen molar-refractivity contribution in [3.05, 3.63) is 29.3 Å². The smallest absolute Gasteiger partial charge is 0.122 e. The van der Waals surface area contributed by atoms with Crippen molar-refractivity contribution in [1.29, 1.82) is 0 Å². The van der Waals surface area contributed by atoms with Crippen LogP contribution in [0.3, 0.4) is 0 Å². The highest BCUT2D eigenvalue weighted by Crippen LogP contribution is 2.36. The van der Waals surface area contributed by atoms with Crippen molar-refractivity contribution in [3.63, 3.8) is 0 Å². The van der Waals surface area contributed by atoms with Gasteiger partial charge in [-0.2, -0.15) is 0 Å². The van der Waals surface area contributed by atoms with E-state index in [-0.39, 0.29) is 0 Å². The number of fused-ring (bicyclic) bond motifs is 1. The summed E-state index contributed by atoms with van der Waals surface area (Å²) >= 11 is 0. The van der Waals surface area contributed by atoms with Crippen LogP contribution in [-0.2, 0) is 11.2 Å². The first-order valence-corrected chi connectivity index (χ1v) is 8.48. The topological polar surface area (TPSA) is 30.5 Å². The Balaban J connectivity index is 1.51. The van der Waals surface area contributed by atoms with Crippen LogP contribution < -0.4 is 10.1 Å². The van der Waals surface area contributed by atoms with Crippen molar-refractivity contribution in [1.82, 2.24) is 5.32 Å². The maximum Gasteiger partial charge on any atom is 0.122 e. The Morgan fingerprint density at radius 1 is 1.33 bits per heavy atom. The minimum absolute atomic E-state index is 0.480. The van der Waals surface area contributed by atoms with E-state index in [1.54, 1.807) is 0 Å². The summed E-state index contributed by atoms with van der Waals surface area (Å²) in [6, 6.07) is 7.01. The zero-order valence-electron chi connectivity index (χ0n) is 13.1. The summed E-state index contributed by atoms with van der Waals surface area (Å²) in [4.78, 5) is 0. The summed E-state index contributed by atoms with van der Waals surface area (Å²) in [5.41, 5.74) is 2.86. The van der Waals surface area contributed by atoms with Gasteiger partial charge >= 0.3 is 0 Å². The molecule has 2 aliphatic rings. The maximum atomic E-state index is 6.05. The SMILES string of the molecule is CCNC1CCc2c(OCCCC3CCCO3)cccc21. The Morgan fingerprint density at radius 3 is 3.10 bits per heavy atom. The molecule has 2 unspecified atom stereocenters. The molecule has 21 heavy (non-hydrogen) atoms. The molecule has 0 spiro atoms. The summed E-state index contributed by atoms with van der Waals surface area (Å²) in [6.07, 6.45) is 7.48. The van der Waals surface area contributed by atoms with Crippen LogP contribution in [0.4, 0.5) is 0 Å². The van der Waals surface area contributed by atoms with Gasteiger partial charge in [0, 0.05) is 12.6 Å². The zero-order valence-corrected chi connectivity index (χ0v) is 13.1. The van der Waals surface area contributed by atoms with E-state index >= 15 is 0 Å². The number of benzene rings is 1. The largest absolute Gasteiger partial charge is 0.493 e. The Morgan fingerprint density at radius 2 is 2.29 bits per heavy atom. The fourth-order valence-corrected chi connectivity index (χ4v) is 3.58. The summed E-state index contributed by atoms with van der Waals surface area (Å²) < 4.78 is 11.7. The van der Waals surface area contributed by atoms with Crippen LogP contribution in [0.15, 0.2) is 18.2 Å².